The van der Waals surface area contributed by atoms with E-state index in [2.05, 4.69) is 38.1 Å². The molecule has 7 nitrogen and oxygen atoms in total. The highest BCUT2D eigenvalue weighted by Gasteiger charge is 2.26. The first-order valence-corrected chi connectivity index (χ1v) is 7.49. The van der Waals surface area contributed by atoms with Gasteiger partial charge in [0.1, 0.15) is 5.76 Å². The highest BCUT2D eigenvalue weighted by Crippen LogP contribution is 2.22. The van der Waals surface area contributed by atoms with E-state index in [1.807, 2.05) is 6.92 Å². The number of aryl methyl sites for hydroxylation is 3. The third kappa shape index (κ3) is 3.19. The Hall–Kier alpha value is -2.15. The minimum Gasteiger partial charge on any atom is -0.360 e. The van der Waals surface area contributed by atoms with Crippen molar-refractivity contribution < 1.29 is 9.32 Å². The van der Waals surface area contributed by atoms with Crippen LogP contribution in [0.25, 0.3) is 0 Å². The summed E-state index contributed by atoms with van der Waals surface area (Å²) in [7, 11) is 0. The molecule has 1 saturated heterocycles. The van der Waals surface area contributed by atoms with Gasteiger partial charge in [-0.25, -0.2) is 0 Å². The van der Waals surface area contributed by atoms with E-state index in [9.17, 15) is 4.79 Å². The van der Waals surface area contributed by atoms with Gasteiger partial charge < -0.3 is 9.84 Å². The van der Waals surface area contributed by atoms with Crippen LogP contribution < -0.4 is 5.32 Å². The number of nitrogens with one attached hydrogen (secondary N) is 1. The van der Waals surface area contributed by atoms with Gasteiger partial charge in [-0.3, -0.25) is 14.4 Å². The second-order valence-electron chi connectivity index (χ2n) is 5.92. The molecule has 3 heterocycles. The molecule has 1 N–H and O–H groups in total. The van der Waals surface area contributed by atoms with Gasteiger partial charge in [0.2, 0.25) is 5.91 Å². The Morgan fingerprint density at radius 2 is 2.23 bits per heavy atom. The molecule has 0 spiro atoms. The van der Waals surface area contributed by atoms with Crippen molar-refractivity contribution in [1.29, 1.82) is 0 Å². The van der Waals surface area contributed by atoms with E-state index in [4.69, 9.17) is 4.52 Å². The SMILES string of the molecule is Cc1cc(C)n([C@H]2CCN(CC(=O)Nc3cc(C)on3)C2)n1. The highest BCUT2D eigenvalue weighted by atomic mass is 16.5. The van der Waals surface area contributed by atoms with Crippen LogP contribution in [0.4, 0.5) is 5.82 Å². The van der Waals surface area contributed by atoms with E-state index in [0.717, 1.165) is 25.2 Å². The van der Waals surface area contributed by atoms with Crippen molar-refractivity contribution in [3.05, 3.63) is 29.3 Å². The number of carbonyl (C=O) groups is 1. The molecule has 0 bridgehead atoms. The monoisotopic (exact) mass is 303 g/mol. The normalized spacial score (nSPS) is 18.8. The molecule has 1 fully saturated rings. The standard InChI is InChI=1S/C15H21N5O2/c1-10-6-11(2)20(17-10)13-4-5-19(8-13)9-15(21)16-14-7-12(3)22-18-14/h6-7,13H,4-5,8-9H2,1-3H3,(H,16,18,21)/t13-/m0/s1. The second-order valence-corrected chi connectivity index (χ2v) is 5.92. The highest BCUT2D eigenvalue weighted by molar-refractivity contribution is 5.91. The number of rotatable bonds is 4. The van der Waals surface area contributed by atoms with Gasteiger partial charge >= 0.3 is 0 Å². The first kappa shape index (κ1) is 14.8. The Morgan fingerprint density at radius 1 is 1.41 bits per heavy atom. The van der Waals surface area contributed by atoms with Crippen molar-refractivity contribution in [2.45, 2.75) is 33.2 Å². The number of anilines is 1. The van der Waals surface area contributed by atoms with Crippen LogP contribution in [0.15, 0.2) is 16.7 Å². The lowest BCUT2D eigenvalue weighted by atomic mass is 10.2. The Bertz CT molecular complexity index is 675. The van der Waals surface area contributed by atoms with Gasteiger partial charge in [-0.05, 0) is 33.3 Å². The average molecular weight is 303 g/mol. The quantitative estimate of drug-likeness (QED) is 0.930. The summed E-state index contributed by atoms with van der Waals surface area (Å²) < 4.78 is 7.01. The van der Waals surface area contributed by atoms with E-state index in [0.29, 0.717) is 24.2 Å². The van der Waals surface area contributed by atoms with Crippen LogP contribution in [-0.4, -0.2) is 45.4 Å². The minimum atomic E-state index is -0.0673. The molecule has 1 atom stereocenters. The average Bonchev–Trinajstić information content (AvgIpc) is 3.12. The lowest BCUT2D eigenvalue weighted by Gasteiger charge is -2.16. The van der Waals surface area contributed by atoms with Gasteiger partial charge in [0.25, 0.3) is 0 Å². The van der Waals surface area contributed by atoms with Crippen LogP contribution in [0.5, 0.6) is 0 Å². The van der Waals surface area contributed by atoms with Crippen LogP contribution in [0.1, 0.15) is 29.6 Å². The molecule has 0 aromatic carbocycles. The molecule has 0 aliphatic carbocycles. The fourth-order valence-electron chi connectivity index (χ4n) is 2.98. The van der Waals surface area contributed by atoms with E-state index in [1.54, 1.807) is 13.0 Å². The van der Waals surface area contributed by atoms with Gasteiger partial charge in [-0.2, -0.15) is 5.10 Å². The van der Waals surface area contributed by atoms with E-state index in [-0.39, 0.29) is 5.91 Å². The summed E-state index contributed by atoms with van der Waals surface area (Å²) in [4.78, 5) is 14.2. The zero-order chi connectivity index (χ0) is 15.7. The lowest BCUT2D eigenvalue weighted by Crippen LogP contribution is -2.32. The zero-order valence-corrected chi connectivity index (χ0v) is 13.2. The number of hydrogen-bond acceptors (Lipinski definition) is 5. The van der Waals surface area contributed by atoms with Crippen molar-refractivity contribution >= 4 is 11.7 Å². The number of nitrogens with zero attached hydrogens (tertiary/aromatic N) is 4. The Balaban J connectivity index is 1.54. The molecule has 0 saturated carbocycles. The third-order valence-electron chi connectivity index (χ3n) is 3.90. The summed E-state index contributed by atoms with van der Waals surface area (Å²) in [5.74, 6) is 1.08. The molecule has 0 radical (unpaired) electrons. The number of hydrogen-bond donors (Lipinski definition) is 1. The van der Waals surface area contributed by atoms with Gasteiger partial charge in [-0.1, -0.05) is 5.16 Å². The fraction of sp³-hybridized carbons (Fsp3) is 0.533. The molecule has 118 valence electrons. The molecule has 0 unspecified atom stereocenters. The summed E-state index contributed by atoms with van der Waals surface area (Å²) >= 11 is 0. The van der Waals surface area contributed by atoms with Gasteiger partial charge in [0, 0.05) is 24.8 Å². The summed E-state index contributed by atoms with van der Waals surface area (Å²) in [6.07, 6.45) is 1.01. The van der Waals surface area contributed by atoms with Crippen molar-refractivity contribution in [1.82, 2.24) is 19.8 Å². The summed E-state index contributed by atoms with van der Waals surface area (Å²) in [5, 5.41) is 11.1. The topological polar surface area (TPSA) is 76.2 Å². The van der Waals surface area contributed by atoms with Crippen molar-refractivity contribution in [2.24, 2.45) is 0 Å². The van der Waals surface area contributed by atoms with Crippen molar-refractivity contribution in [2.75, 3.05) is 25.0 Å². The molecule has 22 heavy (non-hydrogen) atoms. The predicted molar refractivity (Wildman–Crippen MR) is 81.7 cm³/mol. The molecule has 7 heteroatoms. The molecular formula is C15H21N5O2. The molecule has 1 aliphatic heterocycles. The predicted octanol–water partition coefficient (Wildman–Crippen LogP) is 1.68. The van der Waals surface area contributed by atoms with Crippen molar-refractivity contribution in [3.8, 4) is 0 Å². The first-order chi connectivity index (χ1) is 10.5. The molecule has 1 aliphatic rings. The summed E-state index contributed by atoms with van der Waals surface area (Å²) in [5.41, 5.74) is 2.21. The number of likely N-dealkylation sites (tertiary alicyclic amines) is 1. The van der Waals surface area contributed by atoms with E-state index in [1.165, 1.54) is 5.69 Å². The minimum absolute atomic E-state index is 0.0673. The fourth-order valence-corrected chi connectivity index (χ4v) is 2.98. The second kappa shape index (κ2) is 5.92. The van der Waals surface area contributed by atoms with Crippen LogP contribution >= 0.6 is 0 Å². The molecule has 2 aromatic rings. The Labute approximate surface area is 129 Å². The molecule has 3 rings (SSSR count). The van der Waals surface area contributed by atoms with E-state index >= 15 is 0 Å². The van der Waals surface area contributed by atoms with Gasteiger partial charge in [0.15, 0.2) is 5.82 Å². The molecule has 2 aromatic heterocycles. The maximum atomic E-state index is 12.0. The van der Waals surface area contributed by atoms with Crippen LogP contribution in [0, 0.1) is 20.8 Å². The Morgan fingerprint density at radius 3 is 2.86 bits per heavy atom. The maximum Gasteiger partial charge on any atom is 0.239 e. The zero-order valence-electron chi connectivity index (χ0n) is 13.2. The smallest absolute Gasteiger partial charge is 0.239 e. The lowest BCUT2D eigenvalue weighted by molar-refractivity contribution is -0.117. The van der Waals surface area contributed by atoms with Crippen LogP contribution in [0.3, 0.4) is 0 Å². The summed E-state index contributed by atoms with van der Waals surface area (Å²) in [6.45, 7) is 7.97. The van der Waals surface area contributed by atoms with Gasteiger partial charge in [-0.15, -0.1) is 0 Å². The maximum absolute atomic E-state index is 12.0. The van der Waals surface area contributed by atoms with Crippen LogP contribution in [-0.2, 0) is 4.79 Å². The van der Waals surface area contributed by atoms with Gasteiger partial charge in [0.05, 0.1) is 18.3 Å². The Kier molecular flexibility index (Phi) is 3.98. The van der Waals surface area contributed by atoms with E-state index < -0.39 is 0 Å². The number of amides is 1. The number of carbonyl (C=O) groups excluding carboxylic acids is 1. The number of aromatic nitrogens is 3. The largest absolute Gasteiger partial charge is 0.360 e. The summed E-state index contributed by atoms with van der Waals surface area (Å²) in [6, 6.07) is 4.14. The third-order valence-corrected chi connectivity index (χ3v) is 3.90. The first-order valence-electron chi connectivity index (χ1n) is 7.49. The van der Waals surface area contributed by atoms with Crippen molar-refractivity contribution in [3.63, 3.8) is 0 Å². The molecular weight excluding hydrogens is 282 g/mol. The van der Waals surface area contributed by atoms with Crippen LogP contribution in [0.2, 0.25) is 0 Å². The molecule has 1 amide bonds.